The molecule has 1 aliphatic rings. The summed E-state index contributed by atoms with van der Waals surface area (Å²) in [4.78, 5) is 27.2. The van der Waals surface area contributed by atoms with Crippen molar-refractivity contribution >= 4 is 17.5 Å². The summed E-state index contributed by atoms with van der Waals surface area (Å²) in [6.07, 6.45) is 3.27. The molecule has 0 spiro atoms. The van der Waals surface area contributed by atoms with Crippen molar-refractivity contribution in [2.24, 2.45) is 5.73 Å². The molecule has 0 bridgehead atoms. The second-order valence-corrected chi connectivity index (χ2v) is 6.96. The summed E-state index contributed by atoms with van der Waals surface area (Å²) < 4.78 is 0. The molecule has 0 aliphatic carbocycles. The fourth-order valence-electron chi connectivity index (χ4n) is 3.19. The molecule has 1 heterocycles. The molecule has 5 nitrogen and oxygen atoms in total. The minimum atomic E-state index is -1.16. The predicted octanol–water partition coefficient (Wildman–Crippen LogP) is 3.13. The average molecular weight is 351 g/mol. The molecule has 3 rings (SSSR count). The van der Waals surface area contributed by atoms with Crippen LogP contribution >= 0.6 is 0 Å². The third-order valence-corrected chi connectivity index (χ3v) is 4.86. The van der Waals surface area contributed by atoms with Crippen molar-refractivity contribution in [3.05, 3.63) is 65.7 Å². The van der Waals surface area contributed by atoms with Crippen LogP contribution in [0.2, 0.25) is 0 Å². The number of nitrogens with two attached hydrogens (primary N) is 1. The summed E-state index contributed by atoms with van der Waals surface area (Å²) in [6.45, 7) is 3.27. The van der Waals surface area contributed by atoms with Gasteiger partial charge in [-0.05, 0) is 49.9 Å². The van der Waals surface area contributed by atoms with Gasteiger partial charge in [0.1, 0.15) is 5.54 Å². The van der Waals surface area contributed by atoms with Crippen LogP contribution < -0.4 is 11.1 Å². The van der Waals surface area contributed by atoms with E-state index in [4.69, 9.17) is 5.73 Å². The zero-order chi connectivity index (χ0) is 18.6. The van der Waals surface area contributed by atoms with Gasteiger partial charge in [-0.25, -0.2) is 0 Å². The van der Waals surface area contributed by atoms with E-state index in [1.807, 2.05) is 35.2 Å². The van der Waals surface area contributed by atoms with Crippen LogP contribution in [0.15, 0.2) is 54.6 Å². The first-order valence-corrected chi connectivity index (χ1v) is 9.04. The number of carbonyl (C=O) groups is 2. The SMILES string of the molecule is CC(N)(C(=O)Nc1cccc(C(=O)N2CCCCC2)c1)c1ccccc1. The first-order valence-electron chi connectivity index (χ1n) is 9.04. The molecule has 1 fully saturated rings. The number of likely N-dealkylation sites (tertiary alicyclic amines) is 1. The van der Waals surface area contributed by atoms with Gasteiger partial charge in [-0.15, -0.1) is 0 Å². The van der Waals surface area contributed by atoms with Gasteiger partial charge >= 0.3 is 0 Å². The van der Waals surface area contributed by atoms with E-state index in [1.165, 1.54) is 6.42 Å². The van der Waals surface area contributed by atoms with Crippen LogP contribution in [-0.2, 0) is 10.3 Å². The Morgan fingerprint density at radius 1 is 1.00 bits per heavy atom. The lowest BCUT2D eigenvalue weighted by Crippen LogP contribution is -2.45. The molecule has 26 heavy (non-hydrogen) atoms. The van der Waals surface area contributed by atoms with E-state index in [2.05, 4.69) is 5.32 Å². The summed E-state index contributed by atoms with van der Waals surface area (Å²) in [7, 11) is 0. The number of piperidine rings is 1. The van der Waals surface area contributed by atoms with Crippen LogP contribution in [0.1, 0.15) is 42.1 Å². The lowest BCUT2D eigenvalue weighted by molar-refractivity contribution is -0.120. The Hall–Kier alpha value is -2.66. The lowest BCUT2D eigenvalue weighted by Gasteiger charge is -2.27. The number of nitrogens with one attached hydrogen (secondary N) is 1. The zero-order valence-electron chi connectivity index (χ0n) is 15.1. The Labute approximate surface area is 154 Å². The van der Waals surface area contributed by atoms with Gasteiger partial charge in [0.05, 0.1) is 0 Å². The number of nitrogens with zero attached hydrogens (tertiary/aromatic N) is 1. The third-order valence-electron chi connectivity index (χ3n) is 4.86. The lowest BCUT2D eigenvalue weighted by atomic mass is 9.92. The Morgan fingerprint density at radius 2 is 1.69 bits per heavy atom. The molecular weight excluding hydrogens is 326 g/mol. The van der Waals surface area contributed by atoms with Crippen LogP contribution in [0.3, 0.4) is 0 Å². The number of benzene rings is 2. The fourth-order valence-corrected chi connectivity index (χ4v) is 3.19. The van der Waals surface area contributed by atoms with Gasteiger partial charge in [0.2, 0.25) is 5.91 Å². The molecule has 0 radical (unpaired) electrons. The highest BCUT2D eigenvalue weighted by atomic mass is 16.2. The highest BCUT2D eigenvalue weighted by molar-refractivity contribution is 6.00. The molecule has 1 saturated heterocycles. The molecular formula is C21H25N3O2. The van der Waals surface area contributed by atoms with E-state index in [0.717, 1.165) is 31.5 Å². The van der Waals surface area contributed by atoms with Gasteiger partial charge in [-0.2, -0.15) is 0 Å². The standard InChI is InChI=1S/C21H25N3O2/c1-21(22,17-10-4-2-5-11-17)20(26)23-18-12-8-9-16(15-18)19(25)24-13-6-3-7-14-24/h2,4-5,8-12,15H,3,6-7,13-14,22H2,1H3,(H,23,26). The minimum Gasteiger partial charge on any atom is -0.339 e. The van der Waals surface area contributed by atoms with Crippen molar-refractivity contribution in [3.8, 4) is 0 Å². The Morgan fingerprint density at radius 3 is 2.38 bits per heavy atom. The number of anilines is 1. The van der Waals surface area contributed by atoms with Gasteiger partial charge in [0.15, 0.2) is 0 Å². The highest BCUT2D eigenvalue weighted by Crippen LogP contribution is 2.21. The maximum Gasteiger partial charge on any atom is 0.253 e. The van der Waals surface area contributed by atoms with Crippen molar-refractivity contribution in [3.63, 3.8) is 0 Å². The van der Waals surface area contributed by atoms with E-state index in [9.17, 15) is 9.59 Å². The van der Waals surface area contributed by atoms with Gasteiger partial charge in [-0.1, -0.05) is 36.4 Å². The van der Waals surface area contributed by atoms with Crippen molar-refractivity contribution in [2.75, 3.05) is 18.4 Å². The molecule has 136 valence electrons. The Balaban J connectivity index is 1.74. The predicted molar refractivity (Wildman–Crippen MR) is 103 cm³/mol. The van der Waals surface area contributed by atoms with Gasteiger partial charge in [-0.3, -0.25) is 9.59 Å². The molecule has 2 amide bonds. The summed E-state index contributed by atoms with van der Waals surface area (Å²) in [5.41, 5.74) is 6.99. The first kappa shape index (κ1) is 18.1. The van der Waals surface area contributed by atoms with Crippen LogP contribution in [0.4, 0.5) is 5.69 Å². The molecule has 0 saturated carbocycles. The van der Waals surface area contributed by atoms with Crippen molar-refractivity contribution in [2.45, 2.75) is 31.7 Å². The van der Waals surface area contributed by atoms with Gasteiger partial charge in [0, 0.05) is 24.3 Å². The second kappa shape index (κ2) is 7.70. The van der Waals surface area contributed by atoms with E-state index in [1.54, 1.807) is 31.2 Å². The summed E-state index contributed by atoms with van der Waals surface area (Å²) in [5.74, 6) is -0.300. The van der Waals surface area contributed by atoms with Crippen molar-refractivity contribution < 1.29 is 9.59 Å². The molecule has 1 aliphatic heterocycles. The molecule has 0 aromatic heterocycles. The van der Waals surface area contributed by atoms with Crippen LogP contribution in [-0.4, -0.2) is 29.8 Å². The topological polar surface area (TPSA) is 75.4 Å². The number of amides is 2. The maximum atomic E-state index is 12.7. The molecule has 2 aromatic rings. The van der Waals surface area contributed by atoms with E-state index in [0.29, 0.717) is 11.3 Å². The van der Waals surface area contributed by atoms with Crippen LogP contribution in [0.5, 0.6) is 0 Å². The average Bonchev–Trinajstić information content (AvgIpc) is 2.69. The minimum absolute atomic E-state index is 0.0133. The van der Waals surface area contributed by atoms with Crippen LogP contribution in [0.25, 0.3) is 0 Å². The molecule has 1 atom stereocenters. The van der Waals surface area contributed by atoms with Crippen LogP contribution in [0, 0.1) is 0 Å². The number of rotatable bonds is 4. The largest absolute Gasteiger partial charge is 0.339 e. The van der Waals surface area contributed by atoms with Crippen molar-refractivity contribution in [1.29, 1.82) is 0 Å². The monoisotopic (exact) mass is 351 g/mol. The number of hydrogen-bond donors (Lipinski definition) is 2. The number of hydrogen-bond acceptors (Lipinski definition) is 3. The van der Waals surface area contributed by atoms with E-state index >= 15 is 0 Å². The molecule has 1 unspecified atom stereocenters. The van der Waals surface area contributed by atoms with Gasteiger partial charge < -0.3 is 16.0 Å². The molecule has 5 heteroatoms. The zero-order valence-corrected chi connectivity index (χ0v) is 15.1. The normalized spacial score (nSPS) is 16.6. The first-order chi connectivity index (χ1) is 12.5. The maximum absolute atomic E-state index is 12.7. The summed E-state index contributed by atoms with van der Waals surface area (Å²) in [5, 5.41) is 2.84. The summed E-state index contributed by atoms with van der Waals surface area (Å²) in [6, 6.07) is 16.3. The smallest absolute Gasteiger partial charge is 0.253 e. The molecule has 2 aromatic carbocycles. The van der Waals surface area contributed by atoms with Gasteiger partial charge in [0.25, 0.3) is 5.91 Å². The Kier molecular flexibility index (Phi) is 5.38. The third kappa shape index (κ3) is 3.94. The van der Waals surface area contributed by atoms with E-state index in [-0.39, 0.29) is 11.8 Å². The molecule has 3 N–H and O–H groups in total. The fraction of sp³-hybridized carbons (Fsp3) is 0.333. The highest BCUT2D eigenvalue weighted by Gasteiger charge is 2.30. The number of carbonyl (C=O) groups excluding carboxylic acids is 2. The Bertz CT molecular complexity index is 781. The van der Waals surface area contributed by atoms with E-state index < -0.39 is 5.54 Å². The van der Waals surface area contributed by atoms with Crippen molar-refractivity contribution in [1.82, 2.24) is 4.90 Å². The second-order valence-electron chi connectivity index (χ2n) is 6.96. The summed E-state index contributed by atoms with van der Waals surface area (Å²) >= 11 is 0. The quantitative estimate of drug-likeness (QED) is 0.889.